The molecule has 13 heteroatoms. The van der Waals surface area contributed by atoms with E-state index in [-0.39, 0.29) is 41.8 Å². The maximum Gasteiger partial charge on any atom is 0.411 e. The van der Waals surface area contributed by atoms with Crippen LogP contribution in [0.3, 0.4) is 0 Å². The number of aromatic hydroxyl groups is 1. The van der Waals surface area contributed by atoms with Gasteiger partial charge in [0, 0.05) is 65.5 Å². The Morgan fingerprint density at radius 2 is 1.73 bits per heavy atom. The van der Waals surface area contributed by atoms with Crippen molar-refractivity contribution in [2.24, 2.45) is 0 Å². The summed E-state index contributed by atoms with van der Waals surface area (Å²) in [5.41, 5.74) is 5.14. The first-order chi connectivity index (χ1) is 26.4. The fraction of sp³-hybridized carbons (Fsp3) is 0.310. The Hall–Kier alpha value is -5.21. The Morgan fingerprint density at radius 3 is 2.47 bits per heavy atom. The third-order valence-corrected chi connectivity index (χ3v) is 10.7. The van der Waals surface area contributed by atoms with Gasteiger partial charge in [0.25, 0.3) is 0 Å². The SMILES string of the molecule is COc1cc(NC(=O)CCc2ccc(-c3ccccc3)c(NC(=O)OC3CC[N+](C)(C)CC3)c2)c(Br)cc1CNC[C@@H](O)c1ccc(O)c2[nH]c(=O)ccc12. The minimum atomic E-state index is -0.925. The Bertz CT molecular complexity index is 2220. The summed E-state index contributed by atoms with van der Waals surface area (Å²) in [5.74, 6) is 0.275. The number of anilines is 2. The number of aryl methyl sites for hydroxylation is 1. The van der Waals surface area contributed by atoms with E-state index in [1.807, 2.05) is 54.6 Å². The van der Waals surface area contributed by atoms with Gasteiger partial charge in [0.05, 0.1) is 57.3 Å². The molecule has 2 heterocycles. The van der Waals surface area contributed by atoms with Gasteiger partial charge in [-0.05, 0) is 63.3 Å². The number of benzene rings is 4. The molecular weight excluding hydrogens is 766 g/mol. The Labute approximate surface area is 328 Å². The van der Waals surface area contributed by atoms with Crippen molar-refractivity contribution in [1.82, 2.24) is 10.3 Å². The number of amides is 2. The number of carbonyl (C=O) groups excluding carboxylic acids is 2. The lowest BCUT2D eigenvalue weighted by Crippen LogP contribution is -2.48. The molecule has 1 aliphatic heterocycles. The number of nitrogens with zero attached hydrogens (tertiary/aromatic N) is 1. The maximum absolute atomic E-state index is 13.2. The molecule has 6 rings (SSSR count). The van der Waals surface area contributed by atoms with Crippen LogP contribution in [0.15, 0.2) is 94.2 Å². The second-order valence-corrected chi connectivity index (χ2v) is 15.3. The largest absolute Gasteiger partial charge is 0.506 e. The zero-order valence-electron chi connectivity index (χ0n) is 31.2. The van der Waals surface area contributed by atoms with Crippen LogP contribution in [0, 0.1) is 0 Å². The summed E-state index contributed by atoms with van der Waals surface area (Å²) in [6.07, 6.45) is 0.734. The second kappa shape index (κ2) is 17.5. The van der Waals surface area contributed by atoms with E-state index in [1.54, 1.807) is 25.3 Å². The molecule has 0 aliphatic carbocycles. The van der Waals surface area contributed by atoms with Crippen molar-refractivity contribution in [3.8, 4) is 22.6 Å². The van der Waals surface area contributed by atoms with Crippen LogP contribution in [0.4, 0.5) is 16.2 Å². The number of hydrogen-bond acceptors (Lipinski definition) is 8. The lowest BCUT2D eigenvalue weighted by Gasteiger charge is -2.36. The van der Waals surface area contributed by atoms with E-state index in [0.717, 1.165) is 52.7 Å². The molecule has 55 heavy (non-hydrogen) atoms. The second-order valence-electron chi connectivity index (χ2n) is 14.5. The van der Waals surface area contributed by atoms with Crippen molar-refractivity contribution in [3.63, 3.8) is 0 Å². The third-order valence-electron chi connectivity index (χ3n) is 10.00. The number of ether oxygens (including phenoxy) is 2. The molecule has 12 nitrogen and oxygen atoms in total. The highest BCUT2D eigenvalue weighted by atomic mass is 79.9. The van der Waals surface area contributed by atoms with E-state index in [1.165, 1.54) is 12.1 Å². The quantitative estimate of drug-likeness (QED) is 0.0704. The molecule has 1 fully saturated rings. The number of quaternary nitrogens is 1. The fourth-order valence-electron chi connectivity index (χ4n) is 6.86. The van der Waals surface area contributed by atoms with Crippen LogP contribution >= 0.6 is 15.9 Å². The molecule has 0 spiro atoms. The molecular formula is C42H47BrN5O7+. The number of aliphatic hydroxyl groups excluding tert-OH is 1. The summed E-state index contributed by atoms with van der Waals surface area (Å²) in [6, 6.07) is 25.2. The van der Waals surface area contributed by atoms with E-state index in [4.69, 9.17) is 9.47 Å². The zero-order chi connectivity index (χ0) is 39.1. The number of fused-ring (bicyclic) bond motifs is 1. The number of aromatic nitrogens is 1. The van der Waals surface area contributed by atoms with Gasteiger partial charge in [0.1, 0.15) is 17.6 Å². The molecule has 0 saturated carbocycles. The van der Waals surface area contributed by atoms with Crippen LogP contribution in [0.5, 0.6) is 11.5 Å². The van der Waals surface area contributed by atoms with Gasteiger partial charge in [-0.15, -0.1) is 0 Å². The van der Waals surface area contributed by atoms with Crippen LogP contribution in [0.1, 0.15) is 42.1 Å². The van der Waals surface area contributed by atoms with E-state index < -0.39 is 12.2 Å². The first-order valence-corrected chi connectivity index (χ1v) is 19.1. The number of aromatic amines is 1. The molecule has 2 amide bonds. The van der Waals surface area contributed by atoms with Crippen LogP contribution in [-0.2, 0) is 22.5 Å². The van der Waals surface area contributed by atoms with Gasteiger partial charge in [0.2, 0.25) is 11.5 Å². The third kappa shape index (κ3) is 10.1. The fourth-order valence-corrected chi connectivity index (χ4v) is 7.35. The first-order valence-electron chi connectivity index (χ1n) is 18.3. The first kappa shape index (κ1) is 39.5. The lowest BCUT2D eigenvalue weighted by atomic mass is 9.99. The van der Waals surface area contributed by atoms with Gasteiger partial charge in [-0.3, -0.25) is 14.9 Å². The highest BCUT2D eigenvalue weighted by molar-refractivity contribution is 9.10. The summed E-state index contributed by atoms with van der Waals surface area (Å²) >= 11 is 3.58. The average Bonchev–Trinajstić information content (AvgIpc) is 3.16. The number of nitrogens with one attached hydrogen (secondary N) is 4. The van der Waals surface area contributed by atoms with Gasteiger partial charge in [-0.1, -0.05) is 48.5 Å². The molecule has 1 saturated heterocycles. The number of methoxy groups -OCH3 is 1. The predicted octanol–water partition coefficient (Wildman–Crippen LogP) is 6.85. The number of H-pyrrole nitrogens is 1. The van der Waals surface area contributed by atoms with Crippen LogP contribution < -0.4 is 26.2 Å². The molecule has 0 radical (unpaired) electrons. The van der Waals surface area contributed by atoms with Crippen molar-refractivity contribution >= 4 is 50.2 Å². The molecule has 5 aromatic rings. The summed E-state index contributed by atoms with van der Waals surface area (Å²) < 4.78 is 13.0. The molecule has 0 unspecified atom stereocenters. The molecule has 288 valence electrons. The topological polar surface area (TPSA) is 162 Å². The lowest BCUT2D eigenvalue weighted by molar-refractivity contribution is -0.896. The zero-order valence-corrected chi connectivity index (χ0v) is 32.7. The number of pyridine rings is 1. The van der Waals surface area contributed by atoms with Crippen molar-refractivity contribution in [3.05, 3.63) is 116 Å². The van der Waals surface area contributed by atoms with Crippen LogP contribution in [0.25, 0.3) is 22.0 Å². The van der Waals surface area contributed by atoms with Crippen molar-refractivity contribution in [2.75, 3.05) is 51.5 Å². The monoisotopic (exact) mass is 812 g/mol. The minimum Gasteiger partial charge on any atom is -0.506 e. The van der Waals surface area contributed by atoms with Gasteiger partial charge in [-0.25, -0.2) is 4.79 Å². The van der Waals surface area contributed by atoms with Gasteiger partial charge >= 0.3 is 6.09 Å². The highest BCUT2D eigenvalue weighted by Gasteiger charge is 2.28. The highest BCUT2D eigenvalue weighted by Crippen LogP contribution is 2.33. The number of piperidine rings is 1. The molecule has 1 aliphatic rings. The number of aliphatic hydroxyl groups is 1. The molecule has 0 bridgehead atoms. The molecule has 1 aromatic heterocycles. The van der Waals surface area contributed by atoms with Gasteiger partial charge < -0.3 is 39.8 Å². The smallest absolute Gasteiger partial charge is 0.411 e. The molecule has 4 aromatic carbocycles. The summed E-state index contributed by atoms with van der Waals surface area (Å²) in [6.45, 7) is 2.43. The maximum atomic E-state index is 13.2. The van der Waals surface area contributed by atoms with Crippen molar-refractivity contribution in [1.29, 1.82) is 0 Å². The Kier molecular flexibility index (Phi) is 12.6. The predicted molar refractivity (Wildman–Crippen MR) is 217 cm³/mol. The number of phenols is 1. The van der Waals surface area contributed by atoms with E-state index in [9.17, 15) is 24.6 Å². The van der Waals surface area contributed by atoms with Crippen LogP contribution in [-0.4, -0.2) is 78.6 Å². The molecule has 6 N–H and O–H groups in total. The Balaban J connectivity index is 1.07. The standard InChI is InChI=1S/C42H46BrN5O7/c1-48(2)19-17-29(18-20-48)55-42(53)46-34-21-26(9-11-30(34)27-7-5-4-6-8-27)10-15-39(51)45-35-23-38(54-3)28(22-33(35)43)24-44-25-37(50)31-12-14-36(49)41-32(31)13-16-40(52)47-41/h4-9,11-14,16,21-23,29,37,44,50H,10,15,17-20,24-25H2,1-3H3,(H3-,45,46,47,49,51,52,53)/p+1/t37-/m1/s1. The van der Waals surface area contributed by atoms with E-state index >= 15 is 0 Å². The number of carbonyl (C=O) groups is 2. The van der Waals surface area contributed by atoms with E-state index in [0.29, 0.717) is 45.5 Å². The average molecular weight is 814 g/mol. The minimum absolute atomic E-state index is 0.0743. The normalized spacial score (nSPS) is 14.6. The van der Waals surface area contributed by atoms with Gasteiger partial charge in [0.15, 0.2) is 0 Å². The van der Waals surface area contributed by atoms with Crippen molar-refractivity contribution < 1.29 is 33.8 Å². The number of rotatable bonds is 13. The number of hydrogen-bond donors (Lipinski definition) is 6. The number of halogens is 1. The number of likely N-dealkylation sites (tertiary alicyclic amines) is 1. The van der Waals surface area contributed by atoms with E-state index in [2.05, 4.69) is 51.0 Å². The van der Waals surface area contributed by atoms with Crippen molar-refractivity contribution in [2.45, 2.75) is 44.4 Å². The summed E-state index contributed by atoms with van der Waals surface area (Å²) in [7, 11) is 5.92. The molecule has 1 atom stereocenters. The number of phenolic OH excluding ortho intramolecular Hbond substituents is 1. The van der Waals surface area contributed by atoms with Crippen LogP contribution in [0.2, 0.25) is 0 Å². The summed E-state index contributed by atoms with van der Waals surface area (Å²) in [5, 5.41) is 30.9. The Morgan fingerprint density at radius 1 is 0.964 bits per heavy atom. The summed E-state index contributed by atoms with van der Waals surface area (Å²) in [4.78, 5) is 40.7. The van der Waals surface area contributed by atoms with Gasteiger partial charge in [-0.2, -0.15) is 0 Å².